The van der Waals surface area contributed by atoms with E-state index in [-0.39, 0.29) is 4.90 Å². The molecule has 3 heterocycles. The molecule has 162 valence electrons. The van der Waals surface area contributed by atoms with E-state index in [4.69, 9.17) is 4.74 Å². The number of aromatic nitrogens is 5. The van der Waals surface area contributed by atoms with Crippen molar-refractivity contribution in [3.8, 4) is 17.6 Å². The van der Waals surface area contributed by atoms with Crippen LogP contribution in [0.2, 0.25) is 0 Å². The summed E-state index contributed by atoms with van der Waals surface area (Å²) in [6, 6.07) is 9.42. The van der Waals surface area contributed by atoms with E-state index in [0.29, 0.717) is 22.8 Å². The van der Waals surface area contributed by atoms with Crippen LogP contribution in [-0.4, -0.2) is 40.1 Å². The average molecular weight is 449 g/mol. The Hall–Kier alpha value is -3.91. The van der Waals surface area contributed by atoms with Crippen molar-refractivity contribution in [1.29, 1.82) is 5.26 Å². The second-order valence-corrected chi connectivity index (χ2v) is 9.35. The fraction of sp³-hybridized carbons (Fsp3) is 0.238. The van der Waals surface area contributed by atoms with Crippen molar-refractivity contribution in [1.82, 2.24) is 24.5 Å². The minimum Gasteiger partial charge on any atom is -0.494 e. The summed E-state index contributed by atoms with van der Waals surface area (Å²) < 4.78 is 37.3. The van der Waals surface area contributed by atoms with Crippen molar-refractivity contribution >= 4 is 26.6 Å². The number of nitriles is 1. The minimum atomic E-state index is -3.98. The molecule has 0 aliphatic heterocycles. The van der Waals surface area contributed by atoms with Gasteiger partial charge in [-0.25, -0.2) is 18.1 Å². The highest BCUT2D eigenvalue weighted by atomic mass is 32.2. The molecule has 0 spiro atoms. The molecule has 1 aromatic carbocycles. The van der Waals surface area contributed by atoms with Gasteiger partial charge in [-0.15, -0.1) is 0 Å². The van der Waals surface area contributed by atoms with Crippen LogP contribution in [0, 0.1) is 11.3 Å². The van der Waals surface area contributed by atoms with Crippen LogP contribution in [0.1, 0.15) is 18.4 Å². The van der Waals surface area contributed by atoms with Crippen molar-refractivity contribution in [2.45, 2.75) is 23.2 Å². The van der Waals surface area contributed by atoms with E-state index < -0.39 is 15.4 Å². The molecule has 0 bridgehead atoms. The van der Waals surface area contributed by atoms with E-state index in [1.807, 2.05) is 12.1 Å². The Morgan fingerprint density at radius 1 is 1.22 bits per heavy atom. The number of benzene rings is 1. The molecule has 11 heteroatoms. The van der Waals surface area contributed by atoms with Gasteiger partial charge in [0.25, 0.3) is 10.0 Å². The van der Waals surface area contributed by atoms with Gasteiger partial charge in [0.15, 0.2) is 5.82 Å². The minimum absolute atomic E-state index is 0.0349. The Bertz CT molecular complexity index is 1490. The third kappa shape index (κ3) is 3.16. The third-order valence-electron chi connectivity index (χ3n) is 5.69. The number of sulfonamides is 1. The first kappa shape index (κ1) is 20.0. The number of pyridine rings is 1. The Morgan fingerprint density at radius 3 is 2.75 bits per heavy atom. The van der Waals surface area contributed by atoms with Gasteiger partial charge in [0.05, 0.1) is 42.7 Å². The summed E-state index contributed by atoms with van der Waals surface area (Å²) in [5.74, 6) is 0.814. The molecule has 4 aromatic rings. The Morgan fingerprint density at radius 2 is 2.03 bits per heavy atom. The maximum Gasteiger partial charge on any atom is 0.265 e. The number of nitrogens with one attached hydrogen (secondary N) is 1. The van der Waals surface area contributed by atoms with Crippen molar-refractivity contribution in [3.63, 3.8) is 0 Å². The quantitative estimate of drug-likeness (QED) is 0.479. The molecule has 3 aromatic heterocycles. The third-order valence-corrected chi connectivity index (χ3v) is 6.99. The van der Waals surface area contributed by atoms with Crippen molar-refractivity contribution in [2.75, 3.05) is 11.8 Å². The Labute approximate surface area is 184 Å². The molecule has 1 fully saturated rings. The van der Waals surface area contributed by atoms with Crippen molar-refractivity contribution in [2.24, 2.45) is 7.05 Å². The highest BCUT2D eigenvalue weighted by molar-refractivity contribution is 7.92. The highest BCUT2D eigenvalue weighted by Crippen LogP contribution is 2.47. The molecule has 0 unspecified atom stereocenters. The van der Waals surface area contributed by atoms with Gasteiger partial charge in [0.1, 0.15) is 16.3 Å². The number of aryl methyl sites for hydroxylation is 1. The number of ether oxygens (including phenoxy) is 1. The van der Waals surface area contributed by atoms with Crippen LogP contribution in [0.5, 0.6) is 5.75 Å². The summed E-state index contributed by atoms with van der Waals surface area (Å²) in [5.41, 5.74) is 1.28. The molecule has 1 aliphatic rings. The molecule has 10 nitrogen and oxygen atoms in total. The monoisotopic (exact) mass is 449 g/mol. The maximum absolute atomic E-state index is 13.2. The van der Waals surface area contributed by atoms with Crippen LogP contribution in [0.3, 0.4) is 0 Å². The SMILES string of the molecule is COc1ccc2cnn(C)c2c1NS(=O)(=O)c1cnn(-c2cc(C3(C#N)CC3)ccn2)c1. The predicted octanol–water partition coefficient (Wildman–Crippen LogP) is 2.52. The molecule has 0 radical (unpaired) electrons. The number of hydrogen-bond donors (Lipinski definition) is 1. The van der Waals surface area contributed by atoms with Gasteiger partial charge in [0.2, 0.25) is 0 Å². The van der Waals surface area contributed by atoms with Crippen LogP contribution < -0.4 is 9.46 Å². The lowest BCUT2D eigenvalue weighted by molar-refractivity contribution is 0.417. The van der Waals surface area contributed by atoms with Crippen LogP contribution in [0.4, 0.5) is 5.69 Å². The van der Waals surface area contributed by atoms with Gasteiger partial charge in [-0.05, 0) is 42.7 Å². The van der Waals surface area contributed by atoms with Crippen LogP contribution in [-0.2, 0) is 22.5 Å². The van der Waals surface area contributed by atoms with E-state index in [1.165, 1.54) is 24.2 Å². The first-order valence-corrected chi connectivity index (χ1v) is 11.3. The number of fused-ring (bicyclic) bond motifs is 1. The molecular weight excluding hydrogens is 430 g/mol. The molecule has 1 aliphatic carbocycles. The Kier molecular flexibility index (Phi) is 4.42. The maximum atomic E-state index is 13.2. The van der Waals surface area contributed by atoms with Crippen molar-refractivity contribution in [3.05, 3.63) is 54.6 Å². The first-order chi connectivity index (χ1) is 15.4. The van der Waals surface area contributed by atoms with E-state index in [9.17, 15) is 13.7 Å². The lowest BCUT2D eigenvalue weighted by Crippen LogP contribution is -2.14. The lowest BCUT2D eigenvalue weighted by Gasteiger charge is -2.13. The summed E-state index contributed by atoms with van der Waals surface area (Å²) in [5, 5.41) is 18.6. The normalized spacial score (nSPS) is 14.8. The standard InChI is InChI=1S/C21H19N7O3S/c1-27-20-14(10-24-27)3-4-17(31-2)19(20)26-32(29,30)16-11-25-28(12-16)18-9-15(5-8-23-18)21(13-22)6-7-21/h3-5,8-12,26H,6-7H2,1-2H3. The zero-order valence-electron chi connectivity index (χ0n) is 17.3. The highest BCUT2D eigenvalue weighted by Gasteiger charge is 2.45. The predicted molar refractivity (Wildman–Crippen MR) is 116 cm³/mol. The van der Waals surface area contributed by atoms with E-state index in [0.717, 1.165) is 23.8 Å². The fourth-order valence-corrected chi connectivity index (χ4v) is 4.72. The summed E-state index contributed by atoms with van der Waals surface area (Å²) in [4.78, 5) is 4.25. The van der Waals surface area contributed by atoms with Crippen molar-refractivity contribution < 1.29 is 13.2 Å². The number of rotatable bonds is 6. The van der Waals surface area contributed by atoms with Gasteiger partial charge < -0.3 is 4.74 Å². The number of anilines is 1. The molecule has 0 atom stereocenters. The molecule has 32 heavy (non-hydrogen) atoms. The summed E-state index contributed by atoms with van der Waals surface area (Å²) >= 11 is 0. The average Bonchev–Trinajstić information content (AvgIpc) is 3.25. The van der Waals surface area contributed by atoms with Crippen LogP contribution in [0.15, 0.2) is 53.9 Å². The number of hydrogen-bond acceptors (Lipinski definition) is 7. The largest absolute Gasteiger partial charge is 0.494 e. The van der Waals surface area contributed by atoms with E-state index in [1.54, 1.807) is 36.3 Å². The second-order valence-electron chi connectivity index (χ2n) is 7.67. The van der Waals surface area contributed by atoms with Gasteiger partial charge >= 0.3 is 0 Å². The zero-order chi connectivity index (χ0) is 22.5. The summed E-state index contributed by atoms with van der Waals surface area (Å²) in [6.45, 7) is 0. The second kappa shape index (κ2) is 7.06. The van der Waals surface area contributed by atoms with Gasteiger partial charge in [-0.2, -0.15) is 15.5 Å². The summed E-state index contributed by atoms with van der Waals surface area (Å²) in [6.07, 6.45) is 7.50. The smallest absolute Gasteiger partial charge is 0.265 e. The van der Waals surface area contributed by atoms with Crippen LogP contribution in [0.25, 0.3) is 16.7 Å². The molecule has 5 rings (SSSR count). The molecule has 1 saturated carbocycles. The van der Waals surface area contributed by atoms with Gasteiger partial charge in [0, 0.05) is 18.6 Å². The molecular formula is C21H19N7O3S. The summed E-state index contributed by atoms with van der Waals surface area (Å²) in [7, 11) is -0.786. The molecule has 1 N–H and O–H groups in total. The number of nitrogens with zero attached hydrogens (tertiary/aromatic N) is 6. The lowest BCUT2D eigenvalue weighted by atomic mass is 9.99. The van der Waals surface area contributed by atoms with E-state index in [2.05, 4.69) is 26.0 Å². The first-order valence-electron chi connectivity index (χ1n) is 9.81. The van der Waals surface area contributed by atoms with Gasteiger partial charge in [-0.3, -0.25) is 9.40 Å². The number of methoxy groups -OCH3 is 1. The van der Waals surface area contributed by atoms with Gasteiger partial charge in [-0.1, -0.05) is 0 Å². The molecule has 0 saturated heterocycles. The topological polar surface area (TPSA) is 128 Å². The molecule has 0 amide bonds. The fourth-order valence-electron chi connectivity index (χ4n) is 3.71. The van der Waals surface area contributed by atoms with Crippen LogP contribution >= 0.6 is 0 Å². The Balaban J connectivity index is 1.50. The van der Waals surface area contributed by atoms with E-state index >= 15 is 0 Å². The zero-order valence-corrected chi connectivity index (χ0v) is 18.2.